The Kier molecular flexibility index (Phi) is 4.39. The average Bonchev–Trinajstić information content (AvgIpc) is 2.20. The fourth-order valence-electron chi connectivity index (χ4n) is 1.87. The van der Waals surface area contributed by atoms with Crippen LogP contribution in [0, 0.1) is 12.3 Å². The summed E-state index contributed by atoms with van der Waals surface area (Å²) in [6.07, 6.45) is 1.02. The molecule has 0 amide bonds. The number of nitrogens with one attached hydrogen (secondary N) is 1. The monoisotopic (exact) mass is 231 g/mol. The fourth-order valence-corrected chi connectivity index (χ4v) is 1.87. The third-order valence-electron chi connectivity index (χ3n) is 3.05. The van der Waals surface area contributed by atoms with Crippen molar-refractivity contribution in [2.75, 3.05) is 0 Å². The van der Waals surface area contributed by atoms with Gasteiger partial charge in [0, 0.05) is 17.2 Å². The van der Waals surface area contributed by atoms with Crippen molar-refractivity contribution in [3.05, 3.63) is 47.7 Å². The Morgan fingerprint density at radius 1 is 1.24 bits per heavy atom. The van der Waals surface area contributed by atoms with Crippen molar-refractivity contribution in [1.82, 2.24) is 5.32 Å². The third kappa shape index (κ3) is 4.26. The highest BCUT2D eigenvalue weighted by Gasteiger charge is 2.22. The van der Waals surface area contributed by atoms with E-state index in [0.29, 0.717) is 6.04 Å². The van der Waals surface area contributed by atoms with E-state index in [1.54, 1.807) is 0 Å². The molecule has 0 bridgehead atoms. The van der Waals surface area contributed by atoms with Gasteiger partial charge < -0.3 is 5.32 Å². The molecule has 1 N–H and O–H groups in total. The van der Waals surface area contributed by atoms with E-state index in [1.807, 2.05) is 0 Å². The van der Waals surface area contributed by atoms with Crippen LogP contribution in [0.2, 0.25) is 0 Å². The van der Waals surface area contributed by atoms with Crippen LogP contribution < -0.4 is 5.32 Å². The van der Waals surface area contributed by atoms with Crippen molar-refractivity contribution in [3.8, 4) is 0 Å². The molecule has 0 aromatic heterocycles. The maximum Gasteiger partial charge on any atom is 0.0201 e. The maximum atomic E-state index is 4.17. The Balaban J connectivity index is 2.71. The van der Waals surface area contributed by atoms with Gasteiger partial charge in [-0.25, -0.2) is 0 Å². The average molecular weight is 231 g/mol. The molecule has 0 spiro atoms. The van der Waals surface area contributed by atoms with Crippen LogP contribution in [-0.4, -0.2) is 6.04 Å². The fraction of sp³-hybridized carbons (Fsp3) is 0.500. The predicted octanol–water partition coefficient (Wildman–Crippen LogP) is 4.08. The first-order valence-corrected chi connectivity index (χ1v) is 6.33. The van der Waals surface area contributed by atoms with E-state index in [9.17, 15) is 0 Å². The number of allylic oxidation sites excluding steroid dienone is 1. The van der Waals surface area contributed by atoms with Crippen LogP contribution in [0.1, 0.15) is 38.8 Å². The molecule has 17 heavy (non-hydrogen) atoms. The van der Waals surface area contributed by atoms with Crippen molar-refractivity contribution in [1.29, 1.82) is 0 Å². The van der Waals surface area contributed by atoms with Crippen molar-refractivity contribution < 1.29 is 0 Å². The summed E-state index contributed by atoms with van der Waals surface area (Å²) < 4.78 is 0. The van der Waals surface area contributed by atoms with Gasteiger partial charge in [0.05, 0.1) is 0 Å². The summed E-state index contributed by atoms with van der Waals surface area (Å²) in [5.41, 5.74) is 3.88. The summed E-state index contributed by atoms with van der Waals surface area (Å²) in [5, 5.41) is 3.42. The first kappa shape index (κ1) is 13.8. The van der Waals surface area contributed by atoms with E-state index >= 15 is 0 Å². The highest BCUT2D eigenvalue weighted by Crippen LogP contribution is 2.28. The van der Waals surface area contributed by atoms with Crippen LogP contribution in [-0.2, 0) is 6.42 Å². The molecule has 1 aromatic carbocycles. The predicted molar refractivity (Wildman–Crippen MR) is 76.1 cm³/mol. The van der Waals surface area contributed by atoms with Crippen molar-refractivity contribution >= 4 is 0 Å². The van der Waals surface area contributed by atoms with Gasteiger partial charge in [-0.1, -0.05) is 50.3 Å². The first-order chi connectivity index (χ1) is 7.81. The van der Waals surface area contributed by atoms with E-state index in [4.69, 9.17) is 0 Å². The second-order valence-corrected chi connectivity index (χ2v) is 5.82. The molecule has 1 aromatic rings. The second kappa shape index (κ2) is 5.39. The lowest BCUT2D eigenvalue weighted by atomic mass is 9.82. The molecule has 0 saturated heterocycles. The number of benzene rings is 1. The molecular weight excluding hydrogens is 206 g/mol. The maximum absolute atomic E-state index is 4.17. The molecule has 1 heteroatoms. The quantitative estimate of drug-likeness (QED) is 0.805. The van der Waals surface area contributed by atoms with E-state index in [2.05, 4.69) is 70.8 Å². The van der Waals surface area contributed by atoms with E-state index in [0.717, 1.165) is 12.1 Å². The summed E-state index contributed by atoms with van der Waals surface area (Å²) in [4.78, 5) is 0. The zero-order valence-corrected chi connectivity index (χ0v) is 11.8. The van der Waals surface area contributed by atoms with Gasteiger partial charge >= 0.3 is 0 Å². The minimum atomic E-state index is 0.0829. The van der Waals surface area contributed by atoms with Crippen LogP contribution >= 0.6 is 0 Å². The summed E-state index contributed by atoms with van der Waals surface area (Å²) in [7, 11) is 0. The molecule has 0 aliphatic heterocycles. The smallest absolute Gasteiger partial charge is 0.0201 e. The number of hydrogen-bond donors (Lipinski definition) is 1. The van der Waals surface area contributed by atoms with Gasteiger partial charge in [0.2, 0.25) is 0 Å². The summed E-state index contributed by atoms with van der Waals surface area (Å²) in [6.45, 7) is 15.1. The third-order valence-corrected chi connectivity index (χ3v) is 3.05. The zero-order chi connectivity index (χ0) is 13.1. The molecule has 0 aliphatic carbocycles. The van der Waals surface area contributed by atoms with Crippen molar-refractivity contribution in [2.45, 2.75) is 47.1 Å². The van der Waals surface area contributed by atoms with E-state index in [-0.39, 0.29) is 5.41 Å². The lowest BCUT2D eigenvalue weighted by molar-refractivity contribution is 0.399. The molecular formula is C16H25N. The van der Waals surface area contributed by atoms with Crippen molar-refractivity contribution in [2.24, 2.45) is 5.41 Å². The normalized spacial score (nSPS) is 11.6. The van der Waals surface area contributed by atoms with Gasteiger partial charge in [0.1, 0.15) is 0 Å². The topological polar surface area (TPSA) is 12.0 Å². The Morgan fingerprint density at radius 2 is 1.76 bits per heavy atom. The van der Waals surface area contributed by atoms with Gasteiger partial charge in [0.15, 0.2) is 0 Å². The number of aryl methyl sites for hydroxylation is 1. The van der Waals surface area contributed by atoms with Gasteiger partial charge in [-0.2, -0.15) is 0 Å². The Morgan fingerprint density at radius 3 is 2.24 bits per heavy atom. The molecule has 0 saturated carbocycles. The Labute approximate surface area is 106 Å². The van der Waals surface area contributed by atoms with Crippen LogP contribution in [0.4, 0.5) is 0 Å². The highest BCUT2D eigenvalue weighted by molar-refractivity contribution is 5.24. The molecule has 0 fully saturated rings. The van der Waals surface area contributed by atoms with Crippen molar-refractivity contribution in [3.63, 3.8) is 0 Å². The van der Waals surface area contributed by atoms with Gasteiger partial charge in [0.25, 0.3) is 0 Å². The van der Waals surface area contributed by atoms with Crippen LogP contribution in [0.15, 0.2) is 36.5 Å². The SMILES string of the molecule is C=C(NC(C)C)C(C)(C)Cc1ccc(C)cc1. The molecule has 0 unspecified atom stereocenters. The van der Waals surface area contributed by atoms with Gasteiger partial charge in [-0.3, -0.25) is 0 Å². The molecule has 1 rings (SSSR count). The highest BCUT2D eigenvalue weighted by atomic mass is 14.9. The molecule has 0 heterocycles. The van der Waals surface area contributed by atoms with E-state index < -0.39 is 0 Å². The minimum absolute atomic E-state index is 0.0829. The van der Waals surface area contributed by atoms with Crippen LogP contribution in [0.3, 0.4) is 0 Å². The van der Waals surface area contributed by atoms with Gasteiger partial charge in [-0.15, -0.1) is 0 Å². The molecule has 1 nitrogen and oxygen atoms in total. The standard InChI is InChI=1S/C16H25N/c1-12(2)17-14(4)16(5,6)11-15-9-7-13(3)8-10-15/h7-10,12,17H,4,11H2,1-3,5-6H3. The number of rotatable bonds is 5. The summed E-state index contributed by atoms with van der Waals surface area (Å²) in [6, 6.07) is 9.20. The first-order valence-electron chi connectivity index (χ1n) is 6.33. The molecule has 0 aliphatic rings. The summed E-state index contributed by atoms with van der Waals surface area (Å²) >= 11 is 0. The largest absolute Gasteiger partial charge is 0.386 e. The summed E-state index contributed by atoms with van der Waals surface area (Å²) in [5.74, 6) is 0. The van der Waals surface area contributed by atoms with Crippen LogP contribution in [0.5, 0.6) is 0 Å². The lowest BCUT2D eigenvalue weighted by Gasteiger charge is -2.30. The lowest BCUT2D eigenvalue weighted by Crippen LogP contribution is -2.32. The Bertz CT molecular complexity index is 371. The minimum Gasteiger partial charge on any atom is -0.386 e. The molecule has 0 atom stereocenters. The van der Waals surface area contributed by atoms with Crippen LogP contribution in [0.25, 0.3) is 0 Å². The van der Waals surface area contributed by atoms with Gasteiger partial charge in [-0.05, 0) is 32.8 Å². The number of hydrogen-bond acceptors (Lipinski definition) is 1. The second-order valence-electron chi connectivity index (χ2n) is 5.82. The Hall–Kier alpha value is -1.24. The molecule has 94 valence electrons. The van der Waals surface area contributed by atoms with E-state index in [1.165, 1.54) is 11.1 Å². The molecule has 0 radical (unpaired) electrons. The zero-order valence-electron chi connectivity index (χ0n) is 11.8.